The van der Waals surface area contributed by atoms with Gasteiger partial charge in [-0.2, -0.15) is 15.0 Å². The number of methoxy groups -OCH3 is 1. The number of fused-ring (bicyclic) bond motifs is 1. The van der Waals surface area contributed by atoms with Crippen LogP contribution >= 0.6 is 0 Å². The minimum atomic E-state index is -1.38. The summed E-state index contributed by atoms with van der Waals surface area (Å²) >= 11 is 0. The molecule has 3 rings (SSSR count). The molecule has 9 nitrogen and oxygen atoms in total. The predicted molar refractivity (Wildman–Crippen MR) is 118 cm³/mol. The van der Waals surface area contributed by atoms with Crippen LogP contribution in [0.5, 0.6) is 0 Å². The van der Waals surface area contributed by atoms with E-state index in [1.807, 2.05) is 19.9 Å². The summed E-state index contributed by atoms with van der Waals surface area (Å²) in [6, 6.07) is 5.46. The van der Waals surface area contributed by atoms with Gasteiger partial charge in [0.1, 0.15) is 12.2 Å². The fourth-order valence-corrected chi connectivity index (χ4v) is 2.97. The third kappa shape index (κ3) is 4.84. The van der Waals surface area contributed by atoms with Gasteiger partial charge in [0.05, 0.1) is 35.2 Å². The Morgan fingerprint density at radius 3 is 2.69 bits per heavy atom. The molecule has 0 spiro atoms. The van der Waals surface area contributed by atoms with Crippen molar-refractivity contribution in [2.75, 3.05) is 19.0 Å². The van der Waals surface area contributed by atoms with Crippen molar-refractivity contribution in [1.82, 2.24) is 25.1 Å². The van der Waals surface area contributed by atoms with Crippen LogP contribution in [-0.4, -0.2) is 57.1 Å². The summed E-state index contributed by atoms with van der Waals surface area (Å²) in [7, 11) is 1.43. The molecule has 0 saturated heterocycles. The third-order valence-corrected chi connectivity index (χ3v) is 5.05. The van der Waals surface area contributed by atoms with E-state index in [2.05, 4.69) is 25.7 Å². The van der Waals surface area contributed by atoms with Crippen LogP contribution in [0.3, 0.4) is 0 Å². The Hall–Kier alpha value is -3.58. The standard InChI is InChI=1S/C22H26FN7O2/c1-13(2)29-17-7-19(30-20-15(10-28-30)6-14(8-24)9-26-20)25-11-16(17)21(31)27-12-18(23)22(3,4)32-5/h6-7,9-11,13,18H,12H2,1-5H3,(H,25,29)(H,27,31)/t18-/m1/s1. The minimum absolute atomic E-state index is 0.0313. The Morgan fingerprint density at radius 1 is 1.28 bits per heavy atom. The van der Waals surface area contributed by atoms with Crippen molar-refractivity contribution >= 4 is 22.6 Å². The van der Waals surface area contributed by atoms with Crippen molar-refractivity contribution in [1.29, 1.82) is 5.26 Å². The molecule has 0 radical (unpaired) electrons. The second-order valence-corrected chi connectivity index (χ2v) is 8.18. The van der Waals surface area contributed by atoms with E-state index in [-0.39, 0.29) is 18.2 Å². The quantitative estimate of drug-likeness (QED) is 0.554. The summed E-state index contributed by atoms with van der Waals surface area (Å²) in [6.45, 7) is 6.92. The van der Waals surface area contributed by atoms with Gasteiger partial charge in [-0.05, 0) is 33.8 Å². The van der Waals surface area contributed by atoms with E-state index in [1.165, 1.54) is 24.2 Å². The van der Waals surface area contributed by atoms with Crippen LogP contribution in [0.2, 0.25) is 0 Å². The molecule has 0 saturated carbocycles. The van der Waals surface area contributed by atoms with Gasteiger partial charge in [0.15, 0.2) is 11.5 Å². The molecule has 0 bridgehead atoms. The van der Waals surface area contributed by atoms with Crippen LogP contribution < -0.4 is 10.6 Å². The molecule has 32 heavy (non-hydrogen) atoms. The minimum Gasteiger partial charge on any atom is -0.382 e. The summed E-state index contributed by atoms with van der Waals surface area (Å²) in [5.41, 5.74) is 0.754. The van der Waals surface area contributed by atoms with E-state index in [0.29, 0.717) is 28.1 Å². The largest absolute Gasteiger partial charge is 0.382 e. The average molecular weight is 439 g/mol. The highest BCUT2D eigenvalue weighted by molar-refractivity contribution is 5.99. The number of aromatic nitrogens is 4. The molecule has 0 unspecified atom stereocenters. The number of ether oxygens (including phenoxy) is 1. The van der Waals surface area contributed by atoms with Crippen molar-refractivity contribution in [3.63, 3.8) is 0 Å². The number of nitrogens with one attached hydrogen (secondary N) is 2. The first-order valence-corrected chi connectivity index (χ1v) is 10.1. The van der Waals surface area contributed by atoms with E-state index in [1.54, 1.807) is 32.2 Å². The zero-order chi connectivity index (χ0) is 23.5. The predicted octanol–water partition coefficient (Wildman–Crippen LogP) is 3.00. The highest BCUT2D eigenvalue weighted by atomic mass is 19.1. The molecule has 1 amide bonds. The summed E-state index contributed by atoms with van der Waals surface area (Å²) in [5.74, 6) is -0.00958. The van der Waals surface area contributed by atoms with E-state index >= 15 is 0 Å². The van der Waals surface area contributed by atoms with E-state index < -0.39 is 17.7 Å². The maximum atomic E-state index is 14.4. The molecule has 2 N–H and O–H groups in total. The van der Waals surface area contributed by atoms with Gasteiger partial charge in [0, 0.05) is 37.0 Å². The zero-order valence-corrected chi connectivity index (χ0v) is 18.7. The number of hydrogen-bond donors (Lipinski definition) is 2. The lowest BCUT2D eigenvalue weighted by atomic mass is 10.0. The summed E-state index contributed by atoms with van der Waals surface area (Å²) in [4.78, 5) is 21.5. The second kappa shape index (κ2) is 9.28. The molecular weight excluding hydrogens is 413 g/mol. The number of carbonyl (C=O) groups excluding carboxylic acids is 1. The molecule has 0 aliphatic carbocycles. The van der Waals surface area contributed by atoms with Gasteiger partial charge in [0.25, 0.3) is 5.91 Å². The SMILES string of the molecule is COC(C)(C)[C@H](F)CNC(=O)c1cnc(-n2ncc3cc(C#N)cnc32)cc1NC(C)C. The molecule has 0 fully saturated rings. The topological polar surface area (TPSA) is 118 Å². The number of amides is 1. The van der Waals surface area contributed by atoms with E-state index in [9.17, 15) is 9.18 Å². The number of hydrogen-bond acceptors (Lipinski definition) is 7. The second-order valence-electron chi connectivity index (χ2n) is 8.18. The molecular formula is C22H26FN7O2. The first-order chi connectivity index (χ1) is 15.2. The number of nitriles is 1. The van der Waals surface area contributed by atoms with Crippen LogP contribution in [0.1, 0.15) is 43.6 Å². The number of anilines is 1. The molecule has 10 heteroatoms. The van der Waals surface area contributed by atoms with Crippen molar-refractivity contribution < 1.29 is 13.9 Å². The first-order valence-electron chi connectivity index (χ1n) is 10.1. The fraction of sp³-hybridized carbons (Fsp3) is 0.409. The summed E-state index contributed by atoms with van der Waals surface area (Å²) < 4.78 is 21.1. The van der Waals surface area contributed by atoms with Gasteiger partial charge in [-0.15, -0.1) is 0 Å². The van der Waals surface area contributed by atoms with Gasteiger partial charge >= 0.3 is 0 Å². The lowest BCUT2D eigenvalue weighted by Crippen LogP contribution is -2.43. The Labute approximate surface area is 185 Å². The van der Waals surface area contributed by atoms with Gasteiger partial charge in [0.2, 0.25) is 0 Å². The Balaban J connectivity index is 1.91. The molecule has 3 aromatic rings. The van der Waals surface area contributed by atoms with Crippen molar-refractivity contribution in [3.8, 4) is 11.9 Å². The highest BCUT2D eigenvalue weighted by Gasteiger charge is 2.30. The van der Waals surface area contributed by atoms with Crippen LogP contribution in [0.15, 0.2) is 30.7 Å². The smallest absolute Gasteiger partial charge is 0.255 e. The molecule has 0 aliphatic rings. The summed E-state index contributed by atoms with van der Waals surface area (Å²) in [6.07, 6.45) is 3.09. The van der Waals surface area contributed by atoms with Crippen molar-refractivity contribution in [3.05, 3.63) is 41.9 Å². The molecule has 0 aromatic carbocycles. The monoisotopic (exact) mass is 439 g/mol. The molecule has 3 aromatic heterocycles. The highest BCUT2D eigenvalue weighted by Crippen LogP contribution is 2.22. The van der Waals surface area contributed by atoms with Crippen LogP contribution in [0.4, 0.5) is 10.1 Å². The maximum absolute atomic E-state index is 14.4. The van der Waals surface area contributed by atoms with Crippen LogP contribution in [0.25, 0.3) is 16.9 Å². The van der Waals surface area contributed by atoms with Gasteiger partial charge < -0.3 is 15.4 Å². The molecule has 1 atom stereocenters. The number of rotatable bonds is 8. The molecule has 3 heterocycles. The molecule has 0 aliphatic heterocycles. The molecule has 168 valence electrons. The fourth-order valence-electron chi connectivity index (χ4n) is 2.97. The Kier molecular flexibility index (Phi) is 6.69. The van der Waals surface area contributed by atoms with Gasteiger partial charge in [-0.25, -0.2) is 14.4 Å². The van der Waals surface area contributed by atoms with Gasteiger partial charge in [-0.3, -0.25) is 4.79 Å². The van der Waals surface area contributed by atoms with E-state index in [4.69, 9.17) is 10.00 Å². The van der Waals surface area contributed by atoms with E-state index in [0.717, 1.165) is 0 Å². The van der Waals surface area contributed by atoms with Crippen LogP contribution in [-0.2, 0) is 4.74 Å². The zero-order valence-electron chi connectivity index (χ0n) is 18.7. The van der Waals surface area contributed by atoms with Crippen molar-refractivity contribution in [2.45, 2.75) is 45.5 Å². The lowest BCUT2D eigenvalue weighted by molar-refractivity contribution is -0.0404. The Morgan fingerprint density at radius 2 is 2.03 bits per heavy atom. The number of pyridine rings is 2. The normalized spacial score (nSPS) is 12.6. The summed E-state index contributed by atoms with van der Waals surface area (Å²) in [5, 5.41) is 19.9. The van der Waals surface area contributed by atoms with Crippen molar-refractivity contribution in [2.24, 2.45) is 0 Å². The number of alkyl halides is 1. The number of halogens is 1. The average Bonchev–Trinajstić information content (AvgIpc) is 3.19. The Bertz CT molecular complexity index is 1170. The van der Waals surface area contributed by atoms with Gasteiger partial charge in [-0.1, -0.05) is 0 Å². The third-order valence-electron chi connectivity index (χ3n) is 5.05. The maximum Gasteiger partial charge on any atom is 0.255 e. The van der Waals surface area contributed by atoms with Crippen LogP contribution in [0, 0.1) is 11.3 Å². The first kappa shape index (κ1) is 23.1. The lowest BCUT2D eigenvalue weighted by Gasteiger charge is -2.27. The number of nitrogens with zero attached hydrogens (tertiary/aromatic N) is 5. The number of carbonyl (C=O) groups is 1.